The van der Waals surface area contributed by atoms with Crippen LogP contribution in [0.2, 0.25) is 0 Å². The van der Waals surface area contributed by atoms with Crippen molar-refractivity contribution in [1.29, 1.82) is 0 Å². The maximum atomic E-state index is 10.4. The van der Waals surface area contributed by atoms with Crippen LogP contribution in [-0.2, 0) is 0 Å². The highest BCUT2D eigenvalue weighted by Crippen LogP contribution is 2.22. The third-order valence-corrected chi connectivity index (χ3v) is 4.16. The van der Waals surface area contributed by atoms with Gasteiger partial charge in [0.2, 0.25) is 0 Å². The predicted molar refractivity (Wildman–Crippen MR) is 110 cm³/mol. The van der Waals surface area contributed by atoms with Gasteiger partial charge in [0.1, 0.15) is 0 Å². The quantitative estimate of drug-likeness (QED) is 0.116. The average Bonchev–Trinajstić information content (AvgIpc) is 2.66. The van der Waals surface area contributed by atoms with Gasteiger partial charge in [-0.25, -0.2) is 5.01 Å². The lowest BCUT2D eigenvalue weighted by molar-refractivity contribution is -0.365. The van der Waals surface area contributed by atoms with E-state index in [0.29, 0.717) is 19.6 Å². The first kappa shape index (κ1) is 26.4. The topological polar surface area (TPSA) is 115 Å². The Kier molecular flexibility index (Phi) is 19.7. The minimum Gasteiger partial charge on any atom is -0.854 e. The molecule has 0 heterocycles. The molecule has 8 nitrogen and oxygen atoms in total. The molecule has 0 aromatic heterocycles. The van der Waals surface area contributed by atoms with Crippen LogP contribution in [-0.4, -0.2) is 86.7 Å². The monoisotopic (exact) mass is 388 g/mol. The van der Waals surface area contributed by atoms with Crippen LogP contribution in [0.25, 0.3) is 0 Å². The van der Waals surface area contributed by atoms with Gasteiger partial charge in [-0.1, -0.05) is 33.1 Å². The Morgan fingerprint density at radius 2 is 1.81 bits per heavy atom. The Morgan fingerprint density at radius 1 is 1.07 bits per heavy atom. The largest absolute Gasteiger partial charge is 0.854 e. The van der Waals surface area contributed by atoms with Gasteiger partial charge < -0.3 is 20.6 Å². The summed E-state index contributed by atoms with van der Waals surface area (Å²) in [6.45, 7) is 8.95. The zero-order chi connectivity index (χ0) is 20.2. The molecule has 0 radical (unpaired) electrons. The van der Waals surface area contributed by atoms with E-state index in [1.165, 1.54) is 12.8 Å². The summed E-state index contributed by atoms with van der Waals surface area (Å²) in [6, 6.07) is 0. The summed E-state index contributed by atoms with van der Waals surface area (Å²) >= 11 is 0. The van der Waals surface area contributed by atoms with Crippen LogP contribution in [0.3, 0.4) is 0 Å². The van der Waals surface area contributed by atoms with Crippen LogP contribution in [0.5, 0.6) is 0 Å². The number of hydrogen-bond acceptors (Lipinski definition) is 8. The molecule has 1 aliphatic rings. The fraction of sp³-hybridized carbons (Fsp3) is 0.947. The van der Waals surface area contributed by atoms with E-state index in [1.807, 2.05) is 6.21 Å². The maximum absolute atomic E-state index is 10.4. The molecule has 0 saturated heterocycles. The van der Waals surface area contributed by atoms with Crippen molar-refractivity contribution in [3.8, 4) is 0 Å². The second kappa shape index (κ2) is 20.1. The van der Waals surface area contributed by atoms with Gasteiger partial charge in [0, 0.05) is 44.9 Å². The average molecular weight is 389 g/mol. The predicted octanol–water partition coefficient (Wildman–Crippen LogP) is -0.679. The highest BCUT2D eigenvalue weighted by molar-refractivity contribution is 5.61. The van der Waals surface area contributed by atoms with Gasteiger partial charge in [0.05, 0.1) is 19.4 Å². The number of aliphatic hydroxyl groups excluding tert-OH is 2. The smallest absolute Gasteiger partial charge is 0.0931 e. The molecule has 1 aliphatic carbocycles. The molecule has 27 heavy (non-hydrogen) atoms. The van der Waals surface area contributed by atoms with Crippen LogP contribution in [0.1, 0.15) is 46.0 Å². The molecule has 1 fully saturated rings. The molecule has 0 aromatic rings. The van der Waals surface area contributed by atoms with Gasteiger partial charge in [-0.2, -0.15) is 0 Å². The third kappa shape index (κ3) is 16.1. The van der Waals surface area contributed by atoms with E-state index in [0.717, 1.165) is 45.4 Å². The molecule has 2 atom stereocenters. The molecule has 2 unspecified atom stereocenters. The normalized spacial score (nSPS) is 20.1. The molecule has 0 aliphatic heterocycles. The second-order valence-electron chi connectivity index (χ2n) is 6.79. The Morgan fingerprint density at radius 3 is 2.48 bits per heavy atom. The fourth-order valence-electron chi connectivity index (χ4n) is 2.76. The van der Waals surface area contributed by atoms with Crippen LogP contribution in [0, 0.1) is 5.92 Å². The highest BCUT2D eigenvalue weighted by Gasteiger charge is 2.20. The number of hydrogen-bond donors (Lipinski definition) is 5. The highest BCUT2D eigenvalue weighted by atomic mass is 16.3. The standard InChI is InChI=1S/C16H34N5O3.C3H8/c22-12-9-17-5-6-20-21(11-8-19-14-23)10-7-18-13-15-3-1-2-4-16(15)24;1-3-2/h13,15-17,19-20,23-24H,1-12,14H2;3H2,1-2H3/q-1;. The summed E-state index contributed by atoms with van der Waals surface area (Å²) in [5.74, 6) is 0.201. The summed E-state index contributed by atoms with van der Waals surface area (Å²) in [4.78, 5) is 4.48. The van der Waals surface area contributed by atoms with E-state index in [2.05, 4.69) is 39.9 Å². The summed E-state index contributed by atoms with van der Waals surface area (Å²) in [5, 5.41) is 37.1. The molecular formula is C19H42N5O3-. The van der Waals surface area contributed by atoms with Gasteiger partial charge >= 0.3 is 0 Å². The van der Waals surface area contributed by atoms with Crippen molar-refractivity contribution in [2.75, 3.05) is 59.2 Å². The van der Waals surface area contributed by atoms with Crippen molar-refractivity contribution < 1.29 is 15.3 Å². The zero-order valence-electron chi connectivity index (χ0n) is 17.3. The van der Waals surface area contributed by atoms with Gasteiger partial charge in [0.25, 0.3) is 0 Å². The minimum atomic E-state index is -0.238. The second-order valence-corrected chi connectivity index (χ2v) is 6.79. The minimum absolute atomic E-state index is 0.0311. The van der Waals surface area contributed by atoms with E-state index < -0.39 is 0 Å². The lowest BCUT2D eigenvalue weighted by Crippen LogP contribution is -2.46. The van der Waals surface area contributed by atoms with Crippen molar-refractivity contribution in [3.05, 3.63) is 0 Å². The first-order valence-corrected chi connectivity index (χ1v) is 10.5. The van der Waals surface area contributed by atoms with E-state index in [4.69, 9.17) is 5.11 Å². The Hall–Kier alpha value is -0.610. The molecule has 5 N–H and O–H groups in total. The molecule has 162 valence electrons. The Balaban J connectivity index is 0.00000210. The molecular weight excluding hydrogens is 346 g/mol. The maximum Gasteiger partial charge on any atom is 0.0931 e. The lowest BCUT2D eigenvalue weighted by Gasteiger charge is -2.25. The Bertz CT molecular complexity index is 334. The summed E-state index contributed by atoms with van der Waals surface area (Å²) < 4.78 is 0. The lowest BCUT2D eigenvalue weighted by atomic mass is 9.87. The van der Waals surface area contributed by atoms with Gasteiger partial charge in [-0.3, -0.25) is 15.7 Å². The van der Waals surface area contributed by atoms with E-state index in [1.54, 1.807) is 0 Å². The zero-order valence-corrected chi connectivity index (χ0v) is 17.3. The first-order valence-electron chi connectivity index (χ1n) is 10.5. The summed E-state index contributed by atoms with van der Waals surface area (Å²) in [6.07, 6.45) is 7.12. The van der Waals surface area contributed by atoms with E-state index in [-0.39, 0.29) is 25.4 Å². The van der Waals surface area contributed by atoms with Gasteiger partial charge in [0.15, 0.2) is 0 Å². The van der Waals surface area contributed by atoms with Crippen LogP contribution in [0.4, 0.5) is 0 Å². The number of nitrogens with one attached hydrogen (secondary N) is 3. The number of aliphatic imine (C=N–C) groups is 1. The third-order valence-electron chi connectivity index (χ3n) is 4.16. The molecule has 1 saturated carbocycles. The van der Waals surface area contributed by atoms with Crippen molar-refractivity contribution in [3.63, 3.8) is 0 Å². The van der Waals surface area contributed by atoms with Crippen molar-refractivity contribution >= 4 is 6.21 Å². The fourth-order valence-corrected chi connectivity index (χ4v) is 2.76. The van der Waals surface area contributed by atoms with Crippen LogP contribution in [0.15, 0.2) is 4.99 Å². The number of nitrogens with zero attached hydrogens (tertiary/aromatic N) is 2. The summed E-state index contributed by atoms with van der Waals surface area (Å²) in [7, 11) is 0. The van der Waals surface area contributed by atoms with Crippen molar-refractivity contribution in [2.45, 2.75) is 52.1 Å². The first-order chi connectivity index (χ1) is 13.2. The molecule has 8 heteroatoms. The Labute approximate surface area is 165 Å². The summed E-state index contributed by atoms with van der Waals surface area (Å²) in [5.41, 5.74) is 3.31. The van der Waals surface area contributed by atoms with Crippen LogP contribution >= 0.6 is 0 Å². The van der Waals surface area contributed by atoms with Crippen molar-refractivity contribution in [1.82, 2.24) is 21.1 Å². The van der Waals surface area contributed by atoms with E-state index >= 15 is 0 Å². The molecule has 0 aromatic carbocycles. The number of aliphatic hydroxyl groups is 2. The SMILES string of the molecule is CCC.[O-]CCNCCNN(CCN=CC1CCCCC1O)CCNCO. The molecule has 0 spiro atoms. The van der Waals surface area contributed by atoms with Gasteiger partial charge in [-0.05, 0) is 19.4 Å². The molecule has 0 bridgehead atoms. The van der Waals surface area contributed by atoms with Crippen molar-refractivity contribution in [2.24, 2.45) is 10.9 Å². The van der Waals surface area contributed by atoms with E-state index in [9.17, 15) is 10.2 Å². The number of hydrazine groups is 1. The van der Waals surface area contributed by atoms with Gasteiger partial charge in [-0.15, -0.1) is 6.61 Å². The number of rotatable bonds is 14. The van der Waals surface area contributed by atoms with Crippen LogP contribution < -0.4 is 21.2 Å². The molecule has 0 amide bonds. The molecule has 1 rings (SSSR count).